The minimum absolute atomic E-state index is 0.230. The van der Waals surface area contributed by atoms with E-state index in [9.17, 15) is 14.2 Å². The molecular formula is C28H29FN5OP. The molecule has 0 atom stereocenters. The van der Waals surface area contributed by atoms with Crippen LogP contribution in [-0.4, -0.2) is 29.1 Å². The zero-order chi connectivity index (χ0) is 26.4. The average Bonchev–Trinajstić information content (AvgIpc) is 3.13. The van der Waals surface area contributed by atoms with Gasteiger partial charge in [-0.3, -0.25) is 4.98 Å². The van der Waals surface area contributed by atoms with E-state index in [1.807, 2.05) is 43.5 Å². The minimum atomic E-state index is -2.57. The SMILES string of the molecule is Cc1cc(P(C)(C)=O)ncc1-c1c(C(C)(C)CC#N)n(-c2ccc(F)cc2)c2cc(C=N)c(N)cc12. The van der Waals surface area contributed by atoms with E-state index in [1.54, 1.807) is 31.7 Å². The van der Waals surface area contributed by atoms with Crippen LogP contribution < -0.4 is 11.2 Å². The van der Waals surface area contributed by atoms with Crippen LogP contribution in [0.3, 0.4) is 0 Å². The van der Waals surface area contributed by atoms with Gasteiger partial charge in [-0.1, -0.05) is 13.8 Å². The molecule has 8 heteroatoms. The summed E-state index contributed by atoms with van der Waals surface area (Å²) in [5.41, 5.74) is 12.2. The maximum absolute atomic E-state index is 13.9. The molecule has 0 spiro atoms. The number of aryl methyl sites for hydroxylation is 1. The van der Waals surface area contributed by atoms with Crippen molar-refractivity contribution in [2.75, 3.05) is 19.1 Å². The Morgan fingerprint density at radius 2 is 1.89 bits per heavy atom. The van der Waals surface area contributed by atoms with Crippen LogP contribution in [0.4, 0.5) is 10.1 Å². The number of benzene rings is 2. The van der Waals surface area contributed by atoms with Gasteiger partial charge in [0.05, 0.1) is 17.0 Å². The molecule has 0 fully saturated rings. The lowest BCUT2D eigenvalue weighted by Gasteiger charge is -2.27. The predicted molar refractivity (Wildman–Crippen MR) is 146 cm³/mol. The van der Waals surface area contributed by atoms with E-state index in [4.69, 9.17) is 11.1 Å². The first-order valence-electron chi connectivity index (χ1n) is 11.5. The summed E-state index contributed by atoms with van der Waals surface area (Å²) < 4.78 is 28.6. The van der Waals surface area contributed by atoms with E-state index < -0.39 is 12.6 Å². The molecule has 0 aliphatic rings. The first-order chi connectivity index (χ1) is 16.9. The standard InChI is InChI=1S/C28H29FN5OP/c1-17-12-25(36(4,5)35)33-16-22(17)26-21-14-23(32)18(15-31)13-24(21)34(20-8-6-19(29)7-9-20)27(26)28(2,3)10-11-30/h6-9,12-16,31H,10,32H2,1-5H3. The van der Waals surface area contributed by atoms with Crippen molar-refractivity contribution < 1.29 is 8.96 Å². The highest BCUT2D eigenvalue weighted by atomic mass is 31.2. The van der Waals surface area contributed by atoms with Crippen LogP contribution in [0.1, 0.15) is 37.1 Å². The maximum atomic E-state index is 13.9. The second-order valence-corrected chi connectivity index (χ2v) is 13.3. The molecule has 0 saturated carbocycles. The van der Waals surface area contributed by atoms with E-state index in [-0.39, 0.29) is 12.2 Å². The van der Waals surface area contributed by atoms with E-state index in [2.05, 4.69) is 11.1 Å². The molecule has 0 aliphatic heterocycles. The molecule has 6 nitrogen and oxygen atoms in total. The molecule has 0 saturated heterocycles. The Labute approximate surface area is 210 Å². The van der Waals surface area contributed by atoms with Crippen LogP contribution in [0.2, 0.25) is 0 Å². The number of nitrogens with one attached hydrogen (secondary N) is 1. The van der Waals surface area contributed by atoms with Gasteiger partial charge in [0.2, 0.25) is 0 Å². The Kier molecular flexibility index (Phi) is 6.36. The Balaban J connectivity index is 2.23. The highest BCUT2D eigenvalue weighted by Gasteiger charge is 2.33. The highest BCUT2D eigenvalue weighted by Crippen LogP contribution is 2.46. The zero-order valence-electron chi connectivity index (χ0n) is 21.1. The Morgan fingerprint density at radius 3 is 2.44 bits per heavy atom. The molecule has 0 amide bonds. The number of anilines is 1. The fourth-order valence-corrected chi connectivity index (χ4v) is 5.48. The quantitative estimate of drug-likeness (QED) is 0.187. The monoisotopic (exact) mass is 501 g/mol. The first-order valence-corrected chi connectivity index (χ1v) is 14.1. The van der Waals surface area contributed by atoms with E-state index >= 15 is 0 Å². The predicted octanol–water partition coefficient (Wildman–Crippen LogP) is 6.16. The minimum Gasteiger partial charge on any atom is -0.398 e. The Bertz CT molecular complexity index is 1590. The van der Waals surface area contributed by atoms with Crippen molar-refractivity contribution in [3.8, 4) is 22.9 Å². The largest absolute Gasteiger partial charge is 0.398 e. The van der Waals surface area contributed by atoms with Gasteiger partial charge in [0.1, 0.15) is 13.0 Å². The smallest absolute Gasteiger partial charge is 0.127 e. The molecule has 184 valence electrons. The lowest BCUT2D eigenvalue weighted by Crippen LogP contribution is -2.22. The van der Waals surface area contributed by atoms with Crippen molar-refractivity contribution in [1.82, 2.24) is 9.55 Å². The summed E-state index contributed by atoms with van der Waals surface area (Å²) in [6.07, 6.45) is 3.17. The fraction of sp³-hybridized carbons (Fsp3) is 0.250. The van der Waals surface area contributed by atoms with Crippen molar-refractivity contribution in [1.29, 1.82) is 10.7 Å². The third-order valence-corrected chi connectivity index (χ3v) is 7.84. The van der Waals surface area contributed by atoms with E-state index in [0.29, 0.717) is 16.7 Å². The summed E-state index contributed by atoms with van der Waals surface area (Å²) in [4.78, 5) is 4.56. The van der Waals surface area contributed by atoms with Gasteiger partial charge in [0.25, 0.3) is 0 Å². The summed E-state index contributed by atoms with van der Waals surface area (Å²) in [6.45, 7) is 9.33. The highest BCUT2D eigenvalue weighted by molar-refractivity contribution is 7.69. The second-order valence-electron chi connectivity index (χ2n) is 10.1. The maximum Gasteiger partial charge on any atom is 0.127 e. The van der Waals surface area contributed by atoms with Crippen LogP contribution >= 0.6 is 7.14 Å². The Morgan fingerprint density at radius 1 is 1.22 bits per heavy atom. The summed E-state index contributed by atoms with van der Waals surface area (Å²) in [7, 11) is -2.57. The lowest BCUT2D eigenvalue weighted by molar-refractivity contribution is 0.516. The molecule has 2 aromatic carbocycles. The first kappa shape index (κ1) is 25.3. The topological polar surface area (TPSA) is 109 Å². The summed E-state index contributed by atoms with van der Waals surface area (Å²) >= 11 is 0. The van der Waals surface area contributed by atoms with Gasteiger partial charge in [-0.15, -0.1) is 0 Å². The van der Waals surface area contributed by atoms with Crippen molar-refractivity contribution in [3.05, 3.63) is 71.3 Å². The molecule has 4 aromatic rings. The van der Waals surface area contributed by atoms with Crippen molar-refractivity contribution in [3.63, 3.8) is 0 Å². The number of nitrogens with zero attached hydrogens (tertiary/aromatic N) is 3. The van der Waals surface area contributed by atoms with Crippen molar-refractivity contribution in [2.24, 2.45) is 0 Å². The molecule has 3 N–H and O–H groups in total. The molecule has 36 heavy (non-hydrogen) atoms. The molecule has 0 radical (unpaired) electrons. The van der Waals surface area contributed by atoms with Crippen molar-refractivity contribution in [2.45, 2.75) is 32.6 Å². The van der Waals surface area contributed by atoms with Gasteiger partial charge in [-0.25, -0.2) is 4.39 Å². The molecule has 0 bridgehead atoms. The number of fused-ring (bicyclic) bond motifs is 1. The van der Waals surface area contributed by atoms with Crippen LogP contribution in [0.25, 0.3) is 27.7 Å². The van der Waals surface area contributed by atoms with Gasteiger partial charge in [-0.2, -0.15) is 5.26 Å². The molecule has 2 heterocycles. The number of hydrogen-bond acceptors (Lipinski definition) is 5. The van der Waals surface area contributed by atoms with Gasteiger partial charge in [0.15, 0.2) is 0 Å². The van der Waals surface area contributed by atoms with Crippen LogP contribution in [0, 0.1) is 29.5 Å². The zero-order valence-corrected chi connectivity index (χ0v) is 22.0. The normalized spacial score (nSPS) is 12.0. The van der Waals surface area contributed by atoms with Gasteiger partial charge in [-0.05, 0) is 68.3 Å². The third-order valence-electron chi connectivity index (χ3n) is 6.49. The van der Waals surface area contributed by atoms with Gasteiger partial charge in [0, 0.05) is 63.4 Å². The van der Waals surface area contributed by atoms with Gasteiger partial charge >= 0.3 is 0 Å². The number of halogens is 1. The van der Waals surface area contributed by atoms with Crippen molar-refractivity contribution >= 4 is 35.4 Å². The number of pyridine rings is 1. The number of nitrogens with two attached hydrogens (primary N) is 1. The van der Waals surface area contributed by atoms with E-state index in [0.717, 1.165) is 39.0 Å². The van der Waals surface area contributed by atoms with Crippen LogP contribution in [-0.2, 0) is 9.98 Å². The van der Waals surface area contributed by atoms with Gasteiger partial charge < -0.3 is 20.3 Å². The Hall–Kier alpha value is -3.75. The van der Waals surface area contributed by atoms with E-state index in [1.165, 1.54) is 18.3 Å². The third kappa shape index (κ3) is 4.34. The molecule has 2 aromatic heterocycles. The summed E-state index contributed by atoms with van der Waals surface area (Å²) in [5, 5.41) is 18.4. The summed E-state index contributed by atoms with van der Waals surface area (Å²) in [6, 6.07) is 14.1. The second kappa shape index (κ2) is 9.04. The fourth-order valence-electron chi connectivity index (χ4n) is 4.64. The average molecular weight is 502 g/mol. The van der Waals surface area contributed by atoms with Crippen LogP contribution in [0.15, 0.2) is 48.7 Å². The number of rotatable bonds is 6. The lowest BCUT2D eigenvalue weighted by atomic mass is 9.81. The molecule has 4 rings (SSSR count). The molecular weight excluding hydrogens is 472 g/mol. The summed E-state index contributed by atoms with van der Waals surface area (Å²) in [5.74, 6) is -0.350. The number of aromatic nitrogens is 2. The number of hydrogen-bond donors (Lipinski definition) is 2. The van der Waals surface area contributed by atoms with Crippen LogP contribution in [0.5, 0.6) is 0 Å². The number of nitriles is 1. The molecule has 0 unspecified atom stereocenters. The molecule has 0 aliphatic carbocycles. The number of nitrogen functional groups attached to an aromatic ring is 1.